The highest BCUT2D eigenvalue weighted by atomic mass is 19.1. The van der Waals surface area contributed by atoms with E-state index in [1.807, 2.05) is 6.92 Å². The number of piperidine rings is 1. The lowest BCUT2D eigenvalue weighted by molar-refractivity contribution is 0.0893. The van der Waals surface area contributed by atoms with Crippen LogP contribution < -0.4 is 10.6 Å². The summed E-state index contributed by atoms with van der Waals surface area (Å²) in [4.78, 5) is 6.77. The smallest absolute Gasteiger partial charge is 0.191 e. The van der Waals surface area contributed by atoms with Crippen LogP contribution in [0.1, 0.15) is 38.2 Å². The second-order valence-electron chi connectivity index (χ2n) is 8.34. The fraction of sp³-hybridized carbons (Fsp3) is 0.696. The van der Waals surface area contributed by atoms with Crippen molar-refractivity contribution < 1.29 is 18.3 Å². The molecule has 0 saturated carbocycles. The number of benzene rings is 1. The van der Waals surface area contributed by atoms with Gasteiger partial charge in [0.2, 0.25) is 0 Å². The molecule has 1 aromatic carbocycles. The van der Waals surface area contributed by atoms with E-state index in [2.05, 4.69) is 20.5 Å². The summed E-state index contributed by atoms with van der Waals surface area (Å²) >= 11 is 0. The van der Waals surface area contributed by atoms with Crippen molar-refractivity contribution in [3.8, 4) is 0 Å². The third kappa shape index (κ3) is 8.01. The van der Waals surface area contributed by atoms with Gasteiger partial charge < -0.3 is 20.1 Å². The number of halogens is 2. The maximum atomic E-state index is 14.0. The Hall–Kier alpha value is -1.77. The van der Waals surface area contributed by atoms with Crippen molar-refractivity contribution in [2.24, 2.45) is 10.9 Å². The molecule has 0 amide bonds. The topological polar surface area (TPSA) is 58.1 Å². The Kier molecular flexibility index (Phi) is 9.96. The minimum atomic E-state index is -0.479. The molecule has 3 rings (SSSR count). The van der Waals surface area contributed by atoms with E-state index < -0.39 is 11.6 Å². The number of nitrogens with one attached hydrogen (secondary N) is 2. The monoisotopic (exact) mass is 438 g/mol. The van der Waals surface area contributed by atoms with Crippen LogP contribution in [0.2, 0.25) is 0 Å². The summed E-state index contributed by atoms with van der Waals surface area (Å²) in [5.74, 6) is 0.366. The van der Waals surface area contributed by atoms with Gasteiger partial charge in [0.05, 0.1) is 13.2 Å². The van der Waals surface area contributed by atoms with Gasteiger partial charge in [0.15, 0.2) is 5.96 Å². The average molecular weight is 439 g/mol. The Labute approximate surface area is 184 Å². The number of nitrogens with zero attached hydrogens (tertiary/aromatic N) is 2. The number of aliphatic imine (C=N–C) groups is 1. The van der Waals surface area contributed by atoms with Crippen molar-refractivity contribution in [2.45, 2.75) is 45.2 Å². The van der Waals surface area contributed by atoms with Crippen molar-refractivity contribution in [2.75, 3.05) is 52.6 Å². The van der Waals surface area contributed by atoms with Crippen LogP contribution in [0.3, 0.4) is 0 Å². The fourth-order valence-electron chi connectivity index (χ4n) is 4.06. The molecule has 2 fully saturated rings. The minimum Gasteiger partial charge on any atom is -0.381 e. The van der Waals surface area contributed by atoms with E-state index in [1.54, 1.807) is 0 Å². The molecule has 174 valence electrons. The molecule has 2 atom stereocenters. The summed E-state index contributed by atoms with van der Waals surface area (Å²) in [5.41, 5.74) is 0.146. The van der Waals surface area contributed by atoms with Gasteiger partial charge in [-0.3, -0.25) is 9.89 Å². The van der Waals surface area contributed by atoms with E-state index in [9.17, 15) is 8.78 Å². The van der Waals surface area contributed by atoms with Crippen LogP contribution in [0.25, 0.3) is 0 Å². The number of likely N-dealkylation sites (tertiary alicyclic amines) is 1. The van der Waals surface area contributed by atoms with Crippen LogP contribution in [0.15, 0.2) is 23.2 Å². The van der Waals surface area contributed by atoms with E-state index >= 15 is 0 Å². The second kappa shape index (κ2) is 12.9. The van der Waals surface area contributed by atoms with Gasteiger partial charge in [0, 0.05) is 56.9 Å². The Morgan fingerprint density at radius 1 is 1.29 bits per heavy atom. The molecule has 2 unspecified atom stereocenters. The largest absolute Gasteiger partial charge is 0.381 e. The first-order valence-corrected chi connectivity index (χ1v) is 11.5. The normalized spacial score (nSPS) is 22.6. The Balaban J connectivity index is 1.42. The van der Waals surface area contributed by atoms with Gasteiger partial charge in [-0.2, -0.15) is 0 Å². The van der Waals surface area contributed by atoms with Gasteiger partial charge in [-0.1, -0.05) is 6.07 Å². The molecule has 2 aliphatic heterocycles. The first-order valence-electron chi connectivity index (χ1n) is 11.5. The zero-order valence-corrected chi connectivity index (χ0v) is 18.5. The number of hydrogen-bond donors (Lipinski definition) is 2. The Morgan fingerprint density at radius 2 is 2.13 bits per heavy atom. The molecule has 0 spiro atoms. The van der Waals surface area contributed by atoms with E-state index in [4.69, 9.17) is 9.47 Å². The molecule has 2 N–H and O–H groups in total. The third-order valence-electron chi connectivity index (χ3n) is 5.73. The molecule has 0 aromatic heterocycles. The quantitative estimate of drug-likeness (QED) is 0.334. The van der Waals surface area contributed by atoms with Crippen LogP contribution in [0, 0.1) is 17.6 Å². The summed E-state index contributed by atoms with van der Waals surface area (Å²) in [6.45, 7) is 8.49. The highest BCUT2D eigenvalue weighted by Crippen LogP contribution is 2.18. The van der Waals surface area contributed by atoms with Gasteiger partial charge in [0.25, 0.3) is 0 Å². The predicted molar refractivity (Wildman–Crippen MR) is 118 cm³/mol. The van der Waals surface area contributed by atoms with Crippen LogP contribution >= 0.6 is 0 Å². The lowest BCUT2D eigenvalue weighted by atomic mass is 10.0. The summed E-state index contributed by atoms with van der Waals surface area (Å²) in [6, 6.07) is 4.24. The van der Waals surface area contributed by atoms with Gasteiger partial charge in [-0.05, 0) is 51.3 Å². The zero-order valence-electron chi connectivity index (χ0n) is 18.5. The van der Waals surface area contributed by atoms with Gasteiger partial charge in [-0.25, -0.2) is 8.78 Å². The van der Waals surface area contributed by atoms with Crippen LogP contribution in [-0.4, -0.2) is 69.5 Å². The van der Waals surface area contributed by atoms with Crippen LogP contribution in [0.5, 0.6) is 0 Å². The molecular formula is C23H36F2N4O2. The third-order valence-corrected chi connectivity index (χ3v) is 5.73. The Bertz CT molecular complexity index is 678. The van der Waals surface area contributed by atoms with Gasteiger partial charge in [0.1, 0.15) is 11.6 Å². The predicted octanol–water partition coefficient (Wildman–Crippen LogP) is 2.93. The van der Waals surface area contributed by atoms with E-state index in [1.165, 1.54) is 18.2 Å². The zero-order chi connectivity index (χ0) is 21.9. The van der Waals surface area contributed by atoms with Gasteiger partial charge in [-0.15, -0.1) is 0 Å². The second-order valence-corrected chi connectivity index (χ2v) is 8.34. The standard InChI is InChI=1S/C23H36F2N4O2/c1-2-26-23(27-10-5-12-30-16-18-9-13-31-17-18)28-19-6-4-11-29(14-19)15-20-21(24)7-3-8-22(20)25/h3,7-8,18-19H,2,4-6,9-17H2,1H3,(H2,26,27,28). The van der Waals surface area contributed by atoms with Crippen molar-refractivity contribution in [3.63, 3.8) is 0 Å². The van der Waals surface area contributed by atoms with E-state index in [0.717, 1.165) is 71.1 Å². The fourth-order valence-corrected chi connectivity index (χ4v) is 4.06. The van der Waals surface area contributed by atoms with Crippen LogP contribution in [-0.2, 0) is 16.0 Å². The van der Waals surface area contributed by atoms with E-state index in [0.29, 0.717) is 19.1 Å². The number of guanidine groups is 1. The van der Waals surface area contributed by atoms with Crippen molar-refractivity contribution in [1.82, 2.24) is 15.5 Å². The molecule has 2 heterocycles. The highest BCUT2D eigenvalue weighted by molar-refractivity contribution is 5.80. The average Bonchev–Trinajstić information content (AvgIpc) is 3.27. The number of hydrogen-bond acceptors (Lipinski definition) is 4. The van der Waals surface area contributed by atoms with Gasteiger partial charge >= 0.3 is 0 Å². The lowest BCUT2D eigenvalue weighted by Crippen LogP contribution is -2.51. The van der Waals surface area contributed by atoms with Crippen molar-refractivity contribution in [3.05, 3.63) is 35.4 Å². The molecule has 0 radical (unpaired) electrons. The summed E-state index contributed by atoms with van der Waals surface area (Å²) < 4.78 is 39.1. The molecule has 31 heavy (non-hydrogen) atoms. The SMILES string of the molecule is CCNC(=NCCCOCC1CCOC1)NC1CCCN(Cc2c(F)cccc2F)C1. The Morgan fingerprint density at radius 3 is 2.87 bits per heavy atom. The lowest BCUT2D eigenvalue weighted by Gasteiger charge is -2.34. The van der Waals surface area contributed by atoms with Crippen molar-refractivity contribution >= 4 is 5.96 Å². The first kappa shape index (κ1) is 23.9. The minimum absolute atomic E-state index is 0.146. The van der Waals surface area contributed by atoms with E-state index in [-0.39, 0.29) is 18.2 Å². The first-order chi connectivity index (χ1) is 15.2. The molecule has 0 aliphatic carbocycles. The maximum absolute atomic E-state index is 14.0. The molecule has 8 heteroatoms. The molecule has 2 aliphatic rings. The summed E-state index contributed by atoms with van der Waals surface area (Å²) in [7, 11) is 0. The molecule has 6 nitrogen and oxygen atoms in total. The van der Waals surface area contributed by atoms with Crippen molar-refractivity contribution in [1.29, 1.82) is 0 Å². The maximum Gasteiger partial charge on any atom is 0.191 e. The molecule has 1 aromatic rings. The molecule has 0 bridgehead atoms. The summed E-state index contributed by atoms with van der Waals surface area (Å²) in [6.07, 6.45) is 3.95. The summed E-state index contributed by atoms with van der Waals surface area (Å²) in [5, 5.41) is 6.78. The number of rotatable bonds is 10. The number of ether oxygens (including phenoxy) is 2. The molecule has 2 saturated heterocycles. The van der Waals surface area contributed by atoms with Crippen LogP contribution in [0.4, 0.5) is 8.78 Å². The molecular weight excluding hydrogens is 402 g/mol. The highest BCUT2D eigenvalue weighted by Gasteiger charge is 2.22.